The van der Waals surface area contributed by atoms with E-state index in [9.17, 15) is 0 Å². The van der Waals surface area contributed by atoms with Crippen LogP contribution < -0.4 is 0 Å². The van der Waals surface area contributed by atoms with Gasteiger partial charge in [-0.1, -0.05) is 32.4 Å². The molecule has 2 bridgehead atoms. The van der Waals surface area contributed by atoms with Crippen molar-refractivity contribution in [2.45, 2.75) is 46.5 Å². The van der Waals surface area contributed by atoms with Gasteiger partial charge in [-0.15, -0.1) is 0 Å². The van der Waals surface area contributed by atoms with Gasteiger partial charge < -0.3 is 0 Å². The lowest BCUT2D eigenvalue weighted by molar-refractivity contribution is -0.0279. The minimum absolute atomic E-state index is 0.638. The zero-order chi connectivity index (χ0) is 8.77. The summed E-state index contributed by atoms with van der Waals surface area (Å²) in [5, 5.41) is 0. The molecule has 2 atom stereocenters. The summed E-state index contributed by atoms with van der Waals surface area (Å²) in [5.41, 5.74) is 2.41. The number of allylic oxidation sites excluding steroid dienone is 2. The molecular weight excluding hydrogens is 144 g/mol. The quantitative estimate of drug-likeness (QED) is 0.517. The van der Waals surface area contributed by atoms with E-state index in [1.165, 1.54) is 25.7 Å². The largest absolute Gasteiger partial charge is 0.0853 e. The lowest BCUT2D eigenvalue weighted by Gasteiger charge is -2.58. The van der Waals surface area contributed by atoms with Crippen LogP contribution in [0.3, 0.4) is 0 Å². The van der Waals surface area contributed by atoms with Crippen LogP contribution in [0.25, 0.3) is 0 Å². The Morgan fingerprint density at radius 3 is 2.75 bits per heavy atom. The summed E-state index contributed by atoms with van der Waals surface area (Å²) < 4.78 is 0. The fraction of sp³-hybridized carbons (Fsp3) is 0.833. The Labute approximate surface area is 76.1 Å². The molecule has 0 N–H and O–H groups in total. The van der Waals surface area contributed by atoms with Gasteiger partial charge in [0.05, 0.1) is 0 Å². The first kappa shape index (κ1) is 8.34. The number of rotatable bonds is 1. The Morgan fingerprint density at radius 1 is 1.50 bits per heavy atom. The third-order valence-electron chi connectivity index (χ3n) is 4.17. The van der Waals surface area contributed by atoms with Gasteiger partial charge in [-0.25, -0.2) is 0 Å². The van der Waals surface area contributed by atoms with Gasteiger partial charge in [0.2, 0.25) is 0 Å². The SMILES string of the molecule is CC/C=C1\CCC2CC1C2(C)C. The normalized spacial score (nSPS) is 41.1. The molecule has 0 spiro atoms. The molecule has 12 heavy (non-hydrogen) atoms. The number of hydrogen-bond donors (Lipinski definition) is 0. The molecule has 0 aliphatic heterocycles. The van der Waals surface area contributed by atoms with Crippen molar-refractivity contribution >= 4 is 0 Å². The van der Waals surface area contributed by atoms with Crippen LogP contribution in [-0.2, 0) is 0 Å². The van der Waals surface area contributed by atoms with Crippen LogP contribution in [0, 0.1) is 17.3 Å². The maximum Gasteiger partial charge on any atom is -0.0146 e. The van der Waals surface area contributed by atoms with E-state index in [0.717, 1.165) is 11.8 Å². The summed E-state index contributed by atoms with van der Waals surface area (Å²) in [5.74, 6) is 1.98. The second-order valence-electron chi connectivity index (χ2n) is 5.03. The van der Waals surface area contributed by atoms with Gasteiger partial charge >= 0.3 is 0 Å². The minimum atomic E-state index is 0.638. The Balaban J connectivity index is 2.16. The zero-order valence-corrected chi connectivity index (χ0v) is 8.56. The van der Waals surface area contributed by atoms with Gasteiger partial charge in [0, 0.05) is 0 Å². The van der Waals surface area contributed by atoms with Crippen LogP contribution in [0.4, 0.5) is 0 Å². The van der Waals surface area contributed by atoms with Crippen molar-refractivity contribution < 1.29 is 0 Å². The van der Waals surface area contributed by atoms with Crippen molar-refractivity contribution in [3.05, 3.63) is 11.6 Å². The van der Waals surface area contributed by atoms with Gasteiger partial charge in [0.15, 0.2) is 0 Å². The van der Waals surface area contributed by atoms with E-state index in [2.05, 4.69) is 26.8 Å². The van der Waals surface area contributed by atoms with E-state index >= 15 is 0 Å². The van der Waals surface area contributed by atoms with E-state index in [1.54, 1.807) is 5.57 Å². The van der Waals surface area contributed by atoms with Gasteiger partial charge in [-0.05, 0) is 42.9 Å². The summed E-state index contributed by atoms with van der Waals surface area (Å²) in [4.78, 5) is 0. The molecule has 0 heterocycles. The van der Waals surface area contributed by atoms with Gasteiger partial charge in [-0.2, -0.15) is 0 Å². The topological polar surface area (TPSA) is 0 Å². The maximum absolute atomic E-state index is 2.47. The Morgan fingerprint density at radius 2 is 2.25 bits per heavy atom. The average molecular weight is 164 g/mol. The maximum atomic E-state index is 2.47. The highest BCUT2D eigenvalue weighted by Gasteiger charge is 2.51. The summed E-state index contributed by atoms with van der Waals surface area (Å²) in [6.45, 7) is 7.16. The first-order chi connectivity index (χ1) is 5.66. The Kier molecular flexibility index (Phi) is 1.82. The second kappa shape index (κ2) is 2.61. The van der Waals surface area contributed by atoms with Crippen molar-refractivity contribution in [2.75, 3.05) is 0 Å². The first-order valence-corrected chi connectivity index (χ1v) is 5.35. The summed E-state index contributed by atoms with van der Waals surface area (Å²) in [6.07, 6.45) is 8.04. The first-order valence-electron chi connectivity index (χ1n) is 5.35. The van der Waals surface area contributed by atoms with Crippen molar-refractivity contribution in [3.63, 3.8) is 0 Å². The second-order valence-corrected chi connectivity index (χ2v) is 5.03. The lowest BCUT2D eigenvalue weighted by Crippen LogP contribution is -2.49. The molecule has 0 aromatic carbocycles. The molecule has 0 aromatic rings. The number of fused-ring (bicyclic) bond motifs is 2. The minimum Gasteiger partial charge on any atom is -0.0853 e. The molecular formula is C12H20. The van der Waals surface area contributed by atoms with E-state index in [1.807, 2.05) is 0 Å². The highest BCUT2D eigenvalue weighted by atomic mass is 14.6. The molecule has 0 nitrogen and oxygen atoms in total. The molecule has 0 heteroatoms. The fourth-order valence-electron chi connectivity index (χ4n) is 3.16. The lowest BCUT2D eigenvalue weighted by atomic mass is 9.47. The molecule has 2 unspecified atom stereocenters. The average Bonchev–Trinajstić information content (AvgIpc) is 2.05. The van der Waals surface area contributed by atoms with Crippen LogP contribution in [0.15, 0.2) is 11.6 Å². The molecule has 3 aliphatic carbocycles. The van der Waals surface area contributed by atoms with Crippen LogP contribution >= 0.6 is 0 Å². The number of hydrogen-bond acceptors (Lipinski definition) is 0. The molecule has 3 aliphatic rings. The highest BCUT2D eigenvalue weighted by molar-refractivity contribution is 5.21. The van der Waals surface area contributed by atoms with E-state index in [4.69, 9.17) is 0 Å². The van der Waals surface area contributed by atoms with E-state index in [-0.39, 0.29) is 0 Å². The van der Waals surface area contributed by atoms with Crippen molar-refractivity contribution in [3.8, 4) is 0 Å². The molecule has 3 rings (SSSR count). The standard InChI is InChI=1S/C12H20/c1-4-5-9-6-7-10-8-11(9)12(10,2)3/h5,10-11H,4,6-8H2,1-3H3/b9-5+. The molecule has 0 radical (unpaired) electrons. The smallest absolute Gasteiger partial charge is 0.0146 e. The van der Waals surface area contributed by atoms with Crippen LogP contribution in [-0.4, -0.2) is 0 Å². The summed E-state index contributed by atoms with van der Waals surface area (Å²) >= 11 is 0. The summed E-state index contributed by atoms with van der Waals surface area (Å²) in [6, 6.07) is 0. The molecule has 68 valence electrons. The molecule has 3 saturated carbocycles. The zero-order valence-electron chi connectivity index (χ0n) is 8.56. The van der Waals surface area contributed by atoms with Gasteiger partial charge in [-0.3, -0.25) is 0 Å². The Bertz CT molecular complexity index is 208. The van der Waals surface area contributed by atoms with E-state index < -0.39 is 0 Å². The van der Waals surface area contributed by atoms with Crippen molar-refractivity contribution in [1.82, 2.24) is 0 Å². The molecule has 3 fully saturated rings. The van der Waals surface area contributed by atoms with Crippen molar-refractivity contribution in [1.29, 1.82) is 0 Å². The summed E-state index contributed by atoms with van der Waals surface area (Å²) in [7, 11) is 0. The van der Waals surface area contributed by atoms with Crippen molar-refractivity contribution in [2.24, 2.45) is 17.3 Å². The highest BCUT2D eigenvalue weighted by Crippen LogP contribution is 2.61. The van der Waals surface area contributed by atoms with Crippen LogP contribution in [0.5, 0.6) is 0 Å². The fourth-order valence-corrected chi connectivity index (χ4v) is 3.16. The molecule has 0 aromatic heterocycles. The van der Waals surface area contributed by atoms with Gasteiger partial charge in [0.25, 0.3) is 0 Å². The van der Waals surface area contributed by atoms with Crippen LogP contribution in [0.1, 0.15) is 46.5 Å². The van der Waals surface area contributed by atoms with Crippen LogP contribution in [0.2, 0.25) is 0 Å². The van der Waals surface area contributed by atoms with Gasteiger partial charge in [0.1, 0.15) is 0 Å². The predicted molar refractivity (Wildman–Crippen MR) is 53.0 cm³/mol. The van der Waals surface area contributed by atoms with E-state index in [0.29, 0.717) is 5.41 Å². The predicted octanol–water partition coefficient (Wildman–Crippen LogP) is 3.78. The molecule has 0 saturated heterocycles. The molecule has 0 amide bonds. The monoisotopic (exact) mass is 164 g/mol. The Hall–Kier alpha value is -0.260. The third kappa shape index (κ3) is 0.967. The third-order valence-corrected chi connectivity index (χ3v) is 4.17.